The molecule has 0 amide bonds. The van der Waals surface area contributed by atoms with Crippen molar-refractivity contribution in [3.63, 3.8) is 0 Å². The van der Waals surface area contributed by atoms with Gasteiger partial charge in [0.15, 0.2) is 0 Å². The van der Waals surface area contributed by atoms with Gasteiger partial charge in [-0.1, -0.05) is 20.8 Å². The Morgan fingerprint density at radius 1 is 1.50 bits per heavy atom. The maximum atomic E-state index is 8.26. The standard InChI is InChI=1S/C6H9NO.C2H6/c1-6(2-3-7)4-8-5-6;1-2/h2,4-5H2,1H3;1-2H3. The smallest absolute Gasteiger partial charge is 0.0629 e. The van der Waals surface area contributed by atoms with Gasteiger partial charge in [0.2, 0.25) is 0 Å². The Kier molecular flexibility index (Phi) is 4.06. The van der Waals surface area contributed by atoms with Crippen LogP contribution in [0.3, 0.4) is 0 Å². The van der Waals surface area contributed by atoms with Crippen molar-refractivity contribution in [1.82, 2.24) is 0 Å². The van der Waals surface area contributed by atoms with Gasteiger partial charge in [-0.05, 0) is 0 Å². The Bertz CT molecular complexity index is 122. The second-order valence-corrected chi connectivity index (χ2v) is 2.64. The third-order valence-electron chi connectivity index (χ3n) is 1.41. The minimum atomic E-state index is 0.189. The summed E-state index contributed by atoms with van der Waals surface area (Å²) >= 11 is 0. The maximum Gasteiger partial charge on any atom is 0.0629 e. The van der Waals surface area contributed by atoms with Crippen molar-refractivity contribution in [2.24, 2.45) is 5.41 Å². The third-order valence-corrected chi connectivity index (χ3v) is 1.41. The van der Waals surface area contributed by atoms with Crippen LogP contribution in [0.25, 0.3) is 0 Å². The molecular formula is C8H15NO. The highest BCUT2D eigenvalue weighted by molar-refractivity contribution is 4.89. The Morgan fingerprint density at radius 3 is 2.10 bits per heavy atom. The monoisotopic (exact) mass is 141 g/mol. The molecule has 0 saturated carbocycles. The summed E-state index contributed by atoms with van der Waals surface area (Å²) in [6.07, 6.45) is 0.632. The molecule has 2 heteroatoms. The van der Waals surface area contributed by atoms with Crippen molar-refractivity contribution in [2.75, 3.05) is 13.2 Å². The lowest BCUT2D eigenvalue weighted by Gasteiger charge is -2.35. The fourth-order valence-electron chi connectivity index (χ4n) is 0.743. The Labute approximate surface area is 62.8 Å². The van der Waals surface area contributed by atoms with Crippen molar-refractivity contribution in [3.05, 3.63) is 0 Å². The second-order valence-electron chi connectivity index (χ2n) is 2.64. The first kappa shape index (κ1) is 9.45. The van der Waals surface area contributed by atoms with Crippen LogP contribution in [0.15, 0.2) is 0 Å². The normalized spacial score (nSPS) is 19.4. The molecule has 0 bridgehead atoms. The summed E-state index contributed by atoms with van der Waals surface area (Å²) < 4.78 is 4.94. The topological polar surface area (TPSA) is 33.0 Å². The molecule has 2 nitrogen and oxygen atoms in total. The van der Waals surface area contributed by atoms with Crippen LogP contribution in [0, 0.1) is 16.7 Å². The van der Waals surface area contributed by atoms with Crippen LogP contribution in [-0.4, -0.2) is 13.2 Å². The molecule has 1 rings (SSSR count). The van der Waals surface area contributed by atoms with Gasteiger partial charge in [-0.3, -0.25) is 0 Å². The highest BCUT2D eigenvalue weighted by atomic mass is 16.5. The number of nitriles is 1. The van der Waals surface area contributed by atoms with Crippen LogP contribution in [0.5, 0.6) is 0 Å². The fraction of sp³-hybridized carbons (Fsp3) is 0.875. The summed E-state index contributed by atoms with van der Waals surface area (Å²) in [6, 6.07) is 2.13. The maximum absolute atomic E-state index is 8.26. The molecule has 1 fully saturated rings. The van der Waals surface area contributed by atoms with Gasteiger partial charge in [0.1, 0.15) is 0 Å². The van der Waals surface area contributed by atoms with E-state index in [1.807, 2.05) is 13.8 Å². The zero-order valence-electron chi connectivity index (χ0n) is 6.98. The molecule has 0 spiro atoms. The van der Waals surface area contributed by atoms with Gasteiger partial charge in [0, 0.05) is 11.8 Å². The van der Waals surface area contributed by atoms with E-state index in [4.69, 9.17) is 10.00 Å². The van der Waals surface area contributed by atoms with E-state index in [1.165, 1.54) is 0 Å². The summed E-state index contributed by atoms with van der Waals surface area (Å²) in [6.45, 7) is 7.60. The lowest BCUT2D eigenvalue weighted by molar-refractivity contribution is -0.0979. The van der Waals surface area contributed by atoms with Gasteiger partial charge >= 0.3 is 0 Å². The lowest BCUT2D eigenvalue weighted by Crippen LogP contribution is -2.39. The van der Waals surface area contributed by atoms with E-state index >= 15 is 0 Å². The zero-order chi connectivity index (χ0) is 8.04. The van der Waals surface area contributed by atoms with E-state index in [0.29, 0.717) is 6.42 Å². The highest BCUT2D eigenvalue weighted by Gasteiger charge is 2.32. The van der Waals surface area contributed by atoms with Gasteiger partial charge < -0.3 is 4.74 Å². The lowest BCUT2D eigenvalue weighted by atomic mass is 9.86. The van der Waals surface area contributed by atoms with Gasteiger partial charge in [-0.2, -0.15) is 5.26 Å². The molecule has 0 aromatic rings. The van der Waals surface area contributed by atoms with E-state index < -0.39 is 0 Å². The van der Waals surface area contributed by atoms with Gasteiger partial charge in [-0.25, -0.2) is 0 Å². The molecule has 0 aliphatic carbocycles. The Morgan fingerprint density at radius 2 is 2.00 bits per heavy atom. The molecule has 1 saturated heterocycles. The van der Waals surface area contributed by atoms with Crippen molar-refractivity contribution in [3.8, 4) is 6.07 Å². The van der Waals surface area contributed by atoms with Crippen LogP contribution in [-0.2, 0) is 4.74 Å². The molecule has 1 aliphatic rings. The average molecular weight is 141 g/mol. The number of nitrogens with zero attached hydrogens (tertiary/aromatic N) is 1. The first-order chi connectivity index (χ1) is 4.77. The van der Waals surface area contributed by atoms with Crippen LogP contribution in [0.4, 0.5) is 0 Å². The molecule has 0 unspecified atom stereocenters. The molecular weight excluding hydrogens is 126 g/mol. The molecule has 0 aromatic carbocycles. The molecule has 58 valence electrons. The predicted molar refractivity (Wildman–Crippen MR) is 40.5 cm³/mol. The summed E-state index contributed by atoms with van der Waals surface area (Å²) in [5.74, 6) is 0. The number of hydrogen-bond acceptors (Lipinski definition) is 2. The quantitative estimate of drug-likeness (QED) is 0.559. The van der Waals surface area contributed by atoms with Crippen molar-refractivity contribution >= 4 is 0 Å². The second kappa shape index (κ2) is 4.29. The molecule has 10 heavy (non-hydrogen) atoms. The molecule has 0 atom stereocenters. The Balaban J connectivity index is 0.000000371. The van der Waals surface area contributed by atoms with Gasteiger partial charge in [0.25, 0.3) is 0 Å². The summed E-state index contributed by atoms with van der Waals surface area (Å²) in [5, 5.41) is 8.26. The number of rotatable bonds is 1. The van der Waals surface area contributed by atoms with Crippen LogP contribution < -0.4 is 0 Å². The SMILES string of the molecule is CC.CC1(CC#N)COC1. The largest absolute Gasteiger partial charge is 0.380 e. The first-order valence-corrected chi connectivity index (χ1v) is 3.72. The predicted octanol–water partition coefficient (Wildman–Crippen LogP) is 1.96. The summed E-state index contributed by atoms with van der Waals surface area (Å²) in [7, 11) is 0. The average Bonchev–Trinajstić information content (AvgIpc) is 1.90. The van der Waals surface area contributed by atoms with E-state index in [9.17, 15) is 0 Å². The van der Waals surface area contributed by atoms with Crippen molar-refractivity contribution in [1.29, 1.82) is 5.26 Å². The molecule has 0 N–H and O–H groups in total. The number of hydrogen-bond donors (Lipinski definition) is 0. The van der Waals surface area contributed by atoms with E-state index in [0.717, 1.165) is 13.2 Å². The van der Waals surface area contributed by atoms with E-state index in [-0.39, 0.29) is 5.41 Å². The summed E-state index contributed by atoms with van der Waals surface area (Å²) in [5.41, 5.74) is 0.189. The minimum Gasteiger partial charge on any atom is -0.380 e. The highest BCUT2D eigenvalue weighted by Crippen LogP contribution is 2.29. The van der Waals surface area contributed by atoms with Gasteiger partial charge in [0.05, 0.1) is 19.3 Å². The minimum absolute atomic E-state index is 0.189. The zero-order valence-corrected chi connectivity index (χ0v) is 6.98. The van der Waals surface area contributed by atoms with Gasteiger partial charge in [-0.15, -0.1) is 0 Å². The third kappa shape index (κ3) is 2.36. The fourth-order valence-corrected chi connectivity index (χ4v) is 0.743. The van der Waals surface area contributed by atoms with Crippen molar-refractivity contribution in [2.45, 2.75) is 27.2 Å². The van der Waals surface area contributed by atoms with Crippen LogP contribution in [0.1, 0.15) is 27.2 Å². The van der Waals surface area contributed by atoms with Crippen LogP contribution in [0.2, 0.25) is 0 Å². The Hall–Kier alpha value is -0.550. The first-order valence-electron chi connectivity index (χ1n) is 3.72. The molecule has 0 radical (unpaired) electrons. The van der Waals surface area contributed by atoms with Crippen molar-refractivity contribution < 1.29 is 4.74 Å². The van der Waals surface area contributed by atoms with E-state index in [1.54, 1.807) is 0 Å². The number of ether oxygens (including phenoxy) is 1. The molecule has 1 heterocycles. The molecule has 1 aliphatic heterocycles. The van der Waals surface area contributed by atoms with Crippen LogP contribution >= 0.6 is 0 Å². The summed E-state index contributed by atoms with van der Waals surface area (Å²) in [4.78, 5) is 0. The molecule has 0 aromatic heterocycles. The van der Waals surface area contributed by atoms with E-state index in [2.05, 4.69) is 13.0 Å².